The van der Waals surface area contributed by atoms with Gasteiger partial charge in [-0.05, 0) is 42.8 Å². The normalized spacial score (nSPS) is 11.3. The number of alkyl halides is 3. The molecule has 3 rings (SSSR count). The minimum Gasteiger partial charge on any atom is -0.345 e. The fourth-order valence-corrected chi connectivity index (χ4v) is 3.34. The lowest BCUT2D eigenvalue weighted by atomic mass is 10.1. The van der Waals surface area contributed by atoms with Gasteiger partial charge in [-0.1, -0.05) is 42.0 Å². The Morgan fingerprint density at radius 3 is 2.57 bits per heavy atom. The molecular weight excluding hydrogens is 389 g/mol. The molecule has 3 aromatic rings. The number of aromatic nitrogens is 1. The monoisotopic (exact) mass is 412 g/mol. The highest BCUT2D eigenvalue weighted by Gasteiger charge is 2.31. The van der Waals surface area contributed by atoms with Crippen LogP contribution in [0.5, 0.6) is 0 Å². The third-order valence-corrected chi connectivity index (χ3v) is 4.79. The highest BCUT2D eigenvalue weighted by atomic mass is 19.4. The van der Waals surface area contributed by atoms with Crippen LogP contribution in [0.15, 0.2) is 79.5 Å². The number of nitrogens with zero attached hydrogens (tertiary/aromatic N) is 2. The molecule has 0 N–H and O–H groups in total. The van der Waals surface area contributed by atoms with Crippen LogP contribution in [-0.4, -0.2) is 21.9 Å². The predicted molar refractivity (Wildman–Crippen MR) is 111 cm³/mol. The second-order valence-electron chi connectivity index (χ2n) is 7.17. The average molecular weight is 412 g/mol. The number of rotatable bonds is 7. The number of halogens is 3. The van der Waals surface area contributed by atoms with Gasteiger partial charge in [-0.25, -0.2) is 0 Å². The first-order valence-corrected chi connectivity index (χ1v) is 9.55. The number of amides is 1. The molecule has 3 nitrogen and oxygen atoms in total. The van der Waals surface area contributed by atoms with Gasteiger partial charge in [-0.2, -0.15) is 13.2 Å². The van der Waals surface area contributed by atoms with Crippen LogP contribution >= 0.6 is 0 Å². The van der Waals surface area contributed by atoms with Crippen molar-refractivity contribution in [3.63, 3.8) is 0 Å². The van der Waals surface area contributed by atoms with Gasteiger partial charge in [0.25, 0.3) is 5.91 Å². The molecule has 0 aliphatic carbocycles. The minimum absolute atomic E-state index is 0.00321. The van der Waals surface area contributed by atoms with Crippen LogP contribution in [0.4, 0.5) is 13.2 Å². The third-order valence-electron chi connectivity index (χ3n) is 4.79. The van der Waals surface area contributed by atoms with Crippen LogP contribution in [-0.2, 0) is 19.3 Å². The lowest BCUT2D eigenvalue weighted by molar-refractivity contribution is -0.137. The molecule has 6 heteroatoms. The molecule has 0 unspecified atom stereocenters. The van der Waals surface area contributed by atoms with Crippen molar-refractivity contribution in [2.45, 2.75) is 26.2 Å². The van der Waals surface area contributed by atoms with Gasteiger partial charge in [-0.3, -0.25) is 4.79 Å². The number of benzene rings is 2. The SMILES string of the molecule is C=CCN(Cc1cccn1Cc1cccc(C)c1)C(=O)c1cccc(C(F)(F)F)c1. The smallest absolute Gasteiger partial charge is 0.345 e. The van der Waals surface area contributed by atoms with Gasteiger partial charge >= 0.3 is 6.18 Å². The molecular formula is C24H23F3N2O. The zero-order chi connectivity index (χ0) is 21.7. The molecule has 0 aliphatic rings. The van der Waals surface area contributed by atoms with Crippen molar-refractivity contribution in [2.24, 2.45) is 0 Å². The molecule has 0 spiro atoms. The topological polar surface area (TPSA) is 25.2 Å². The maximum atomic E-state index is 13.0. The van der Waals surface area contributed by atoms with Crippen LogP contribution in [0.3, 0.4) is 0 Å². The Morgan fingerprint density at radius 2 is 1.87 bits per heavy atom. The van der Waals surface area contributed by atoms with Crippen molar-refractivity contribution < 1.29 is 18.0 Å². The second kappa shape index (κ2) is 9.03. The van der Waals surface area contributed by atoms with Gasteiger partial charge in [-0.15, -0.1) is 6.58 Å². The van der Waals surface area contributed by atoms with Gasteiger partial charge in [0.1, 0.15) is 0 Å². The number of hydrogen-bond donors (Lipinski definition) is 0. The highest BCUT2D eigenvalue weighted by Crippen LogP contribution is 2.30. The maximum absolute atomic E-state index is 13.0. The molecule has 0 saturated heterocycles. The fraction of sp³-hybridized carbons (Fsp3) is 0.208. The first-order valence-electron chi connectivity index (χ1n) is 9.55. The summed E-state index contributed by atoms with van der Waals surface area (Å²) in [7, 11) is 0. The molecule has 1 heterocycles. The Kier molecular flexibility index (Phi) is 6.45. The van der Waals surface area contributed by atoms with Crippen LogP contribution in [0.1, 0.15) is 32.7 Å². The molecule has 1 amide bonds. The van der Waals surface area contributed by atoms with Crippen LogP contribution in [0.25, 0.3) is 0 Å². The van der Waals surface area contributed by atoms with Crippen molar-refractivity contribution in [1.82, 2.24) is 9.47 Å². The van der Waals surface area contributed by atoms with Gasteiger partial charge in [0.2, 0.25) is 0 Å². The molecule has 0 fully saturated rings. The van der Waals surface area contributed by atoms with E-state index >= 15 is 0 Å². The molecule has 0 radical (unpaired) electrons. The Hall–Kier alpha value is -3.28. The van der Waals surface area contributed by atoms with Crippen molar-refractivity contribution >= 4 is 5.91 Å². The summed E-state index contributed by atoms with van der Waals surface area (Å²) >= 11 is 0. The van der Waals surface area contributed by atoms with Crippen molar-refractivity contribution in [1.29, 1.82) is 0 Å². The third kappa shape index (κ3) is 5.20. The molecule has 0 bridgehead atoms. The van der Waals surface area contributed by atoms with E-state index in [0.29, 0.717) is 6.54 Å². The molecule has 30 heavy (non-hydrogen) atoms. The number of aryl methyl sites for hydroxylation is 1. The molecule has 1 aromatic heterocycles. The largest absolute Gasteiger partial charge is 0.416 e. The quantitative estimate of drug-likeness (QED) is 0.458. The molecule has 0 aliphatic heterocycles. The van der Waals surface area contributed by atoms with E-state index in [1.807, 2.05) is 48.0 Å². The lowest BCUT2D eigenvalue weighted by Gasteiger charge is -2.23. The Balaban J connectivity index is 1.82. The number of carbonyl (C=O) groups is 1. The van der Waals surface area contributed by atoms with E-state index in [2.05, 4.69) is 12.6 Å². The molecule has 156 valence electrons. The first-order chi connectivity index (χ1) is 14.3. The van der Waals surface area contributed by atoms with E-state index in [9.17, 15) is 18.0 Å². The average Bonchev–Trinajstić information content (AvgIpc) is 3.13. The zero-order valence-electron chi connectivity index (χ0n) is 16.7. The summed E-state index contributed by atoms with van der Waals surface area (Å²) in [6, 6.07) is 16.5. The van der Waals surface area contributed by atoms with Crippen molar-refractivity contribution in [2.75, 3.05) is 6.54 Å². The van der Waals surface area contributed by atoms with E-state index in [1.165, 1.54) is 17.0 Å². The lowest BCUT2D eigenvalue weighted by Crippen LogP contribution is -2.31. The van der Waals surface area contributed by atoms with Gasteiger partial charge < -0.3 is 9.47 Å². The Morgan fingerprint density at radius 1 is 1.10 bits per heavy atom. The fourth-order valence-electron chi connectivity index (χ4n) is 3.34. The van der Waals surface area contributed by atoms with Crippen LogP contribution in [0, 0.1) is 6.92 Å². The summed E-state index contributed by atoms with van der Waals surface area (Å²) in [5.41, 5.74) is 2.35. The minimum atomic E-state index is -4.50. The molecule has 2 aromatic carbocycles. The standard InChI is InChI=1S/C24H23F3N2O/c1-3-12-29(23(30)20-9-5-10-21(15-20)24(25,26)27)17-22-11-6-13-28(22)16-19-8-4-7-18(2)14-19/h3-11,13-15H,1,12,16-17H2,2H3. The summed E-state index contributed by atoms with van der Waals surface area (Å²) in [6.07, 6.45) is -1.00. The van der Waals surface area contributed by atoms with Gasteiger partial charge in [0.15, 0.2) is 0 Å². The Labute approximate surface area is 174 Å². The van der Waals surface area contributed by atoms with Crippen LogP contribution in [0.2, 0.25) is 0 Å². The molecule has 0 saturated carbocycles. The Bertz CT molecular complexity index is 1040. The first kappa shape index (κ1) is 21.4. The summed E-state index contributed by atoms with van der Waals surface area (Å²) in [6.45, 7) is 6.84. The van der Waals surface area contributed by atoms with E-state index < -0.39 is 17.6 Å². The van der Waals surface area contributed by atoms with E-state index in [1.54, 1.807) is 6.08 Å². The van der Waals surface area contributed by atoms with Crippen molar-refractivity contribution in [3.05, 3.63) is 107 Å². The van der Waals surface area contributed by atoms with E-state index in [4.69, 9.17) is 0 Å². The molecule has 0 atom stereocenters. The predicted octanol–water partition coefficient (Wildman–Crippen LogP) is 5.69. The van der Waals surface area contributed by atoms with Gasteiger partial charge in [0, 0.05) is 30.5 Å². The summed E-state index contributed by atoms with van der Waals surface area (Å²) in [4.78, 5) is 14.4. The summed E-state index contributed by atoms with van der Waals surface area (Å²) in [5, 5.41) is 0. The van der Waals surface area contributed by atoms with E-state index in [0.717, 1.165) is 29.0 Å². The second-order valence-corrected chi connectivity index (χ2v) is 7.17. The zero-order valence-corrected chi connectivity index (χ0v) is 16.7. The van der Waals surface area contributed by atoms with Crippen molar-refractivity contribution in [3.8, 4) is 0 Å². The van der Waals surface area contributed by atoms with Crippen LogP contribution < -0.4 is 0 Å². The number of hydrogen-bond acceptors (Lipinski definition) is 1. The van der Waals surface area contributed by atoms with Gasteiger partial charge in [0.05, 0.1) is 12.1 Å². The number of carbonyl (C=O) groups excluding carboxylic acids is 1. The summed E-state index contributed by atoms with van der Waals surface area (Å²) in [5.74, 6) is -0.468. The van der Waals surface area contributed by atoms with E-state index in [-0.39, 0.29) is 18.7 Å². The maximum Gasteiger partial charge on any atom is 0.416 e. The summed E-state index contributed by atoms with van der Waals surface area (Å²) < 4.78 is 41.1. The highest BCUT2D eigenvalue weighted by molar-refractivity contribution is 5.94.